The summed E-state index contributed by atoms with van der Waals surface area (Å²) in [6.45, 7) is 7.43. The van der Waals surface area contributed by atoms with Crippen LogP contribution in [0.3, 0.4) is 0 Å². The maximum atomic E-state index is 10.8. The van der Waals surface area contributed by atoms with Crippen LogP contribution in [0.4, 0.5) is 4.79 Å². The van der Waals surface area contributed by atoms with Gasteiger partial charge < -0.3 is 5.11 Å². The maximum absolute atomic E-state index is 10.8. The SMILES string of the molecule is C/C=C/C=CN(C(=O)O)C(C)(C)C. The molecule has 0 aromatic carbocycles. The zero-order valence-electron chi connectivity index (χ0n) is 8.61. The smallest absolute Gasteiger partial charge is 0.411 e. The van der Waals surface area contributed by atoms with Gasteiger partial charge in [0, 0.05) is 11.7 Å². The van der Waals surface area contributed by atoms with Gasteiger partial charge in [-0.25, -0.2) is 4.79 Å². The van der Waals surface area contributed by atoms with E-state index in [0.717, 1.165) is 0 Å². The average Bonchev–Trinajstić information content (AvgIpc) is 1.94. The predicted octanol–water partition coefficient (Wildman–Crippen LogP) is 2.85. The molecule has 3 nitrogen and oxygen atoms in total. The quantitative estimate of drug-likeness (QED) is 0.669. The minimum Gasteiger partial charge on any atom is -0.465 e. The summed E-state index contributed by atoms with van der Waals surface area (Å²) in [4.78, 5) is 12.1. The summed E-state index contributed by atoms with van der Waals surface area (Å²) in [5.41, 5.74) is -0.399. The number of carboxylic acid groups (broad SMARTS) is 1. The Balaban J connectivity index is 4.55. The van der Waals surface area contributed by atoms with Crippen LogP contribution in [0.5, 0.6) is 0 Å². The molecule has 0 saturated heterocycles. The van der Waals surface area contributed by atoms with Crippen molar-refractivity contribution in [3.63, 3.8) is 0 Å². The molecular weight excluding hydrogens is 166 g/mol. The number of allylic oxidation sites excluding steroid dienone is 3. The van der Waals surface area contributed by atoms with Crippen LogP contribution >= 0.6 is 0 Å². The van der Waals surface area contributed by atoms with Crippen LogP contribution in [0.1, 0.15) is 27.7 Å². The molecule has 0 heterocycles. The maximum Gasteiger partial charge on any atom is 0.411 e. The summed E-state index contributed by atoms with van der Waals surface area (Å²) in [7, 11) is 0. The van der Waals surface area contributed by atoms with Gasteiger partial charge in [-0.05, 0) is 33.8 Å². The van der Waals surface area contributed by atoms with Crippen LogP contribution in [0.15, 0.2) is 24.4 Å². The Kier molecular flexibility index (Phi) is 4.25. The lowest BCUT2D eigenvalue weighted by Gasteiger charge is -2.29. The molecule has 1 amide bonds. The van der Waals surface area contributed by atoms with Crippen molar-refractivity contribution in [3.05, 3.63) is 24.4 Å². The number of rotatable bonds is 2. The van der Waals surface area contributed by atoms with Crippen LogP contribution in [-0.4, -0.2) is 21.6 Å². The highest BCUT2D eigenvalue weighted by molar-refractivity contribution is 5.67. The van der Waals surface area contributed by atoms with Gasteiger partial charge in [-0.3, -0.25) is 4.90 Å². The van der Waals surface area contributed by atoms with Gasteiger partial charge in [-0.1, -0.05) is 12.2 Å². The minimum atomic E-state index is -0.937. The molecule has 0 fully saturated rings. The lowest BCUT2D eigenvalue weighted by Crippen LogP contribution is -2.40. The summed E-state index contributed by atoms with van der Waals surface area (Å²) < 4.78 is 0. The fraction of sp³-hybridized carbons (Fsp3) is 0.500. The molecule has 74 valence electrons. The predicted molar refractivity (Wildman–Crippen MR) is 53.6 cm³/mol. The van der Waals surface area contributed by atoms with Gasteiger partial charge in [0.05, 0.1) is 0 Å². The molecule has 0 bridgehead atoms. The summed E-state index contributed by atoms with van der Waals surface area (Å²) in [6, 6.07) is 0. The zero-order chi connectivity index (χ0) is 10.5. The Bertz CT molecular complexity index is 224. The van der Waals surface area contributed by atoms with Crippen molar-refractivity contribution in [1.29, 1.82) is 0 Å². The van der Waals surface area contributed by atoms with Crippen LogP contribution in [0.2, 0.25) is 0 Å². The van der Waals surface area contributed by atoms with Gasteiger partial charge in [0.2, 0.25) is 0 Å². The molecule has 0 unspecified atom stereocenters. The first-order chi connectivity index (χ1) is 5.89. The number of hydrogen-bond acceptors (Lipinski definition) is 1. The van der Waals surface area contributed by atoms with Crippen LogP contribution in [-0.2, 0) is 0 Å². The lowest BCUT2D eigenvalue weighted by atomic mass is 10.1. The first-order valence-electron chi connectivity index (χ1n) is 4.21. The summed E-state index contributed by atoms with van der Waals surface area (Å²) >= 11 is 0. The largest absolute Gasteiger partial charge is 0.465 e. The van der Waals surface area contributed by atoms with Crippen molar-refractivity contribution in [3.8, 4) is 0 Å². The van der Waals surface area contributed by atoms with E-state index < -0.39 is 11.6 Å². The van der Waals surface area contributed by atoms with E-state index in [2.05, 4.69) is 0 Å². The van der Waals surface area contributed by atoms with E-state index in [9.17, 15) is 4.79 Å². The third kappa shape index (κ3) is 4.35. The van der Waals surface area contributed by atoms with E-state index in [0.29, 0.717) is 0 Å². The fourth-order valence-corrected chi connectivity index (χ4v) is 0.821. The molecule has 0 spiro atoms. The monoisotopic (exact) mass is 183 g/mol. The topological polar surface area (TPSA) is 40.5 Å². The van der Waals surface area contributed by atoms with E-state index >= 15 is 0 Å². The molecule has 0 saturated carbocycles. The number of hydrogen-bond donors (Lipinski definition) is 1. The second kappa shape index (κ2) is 4.70. The third-order valence-electron chi connectivity index (χ3n) is 1.47. The second-order valence-corrected chi connectivity index (χ2v) is 3.69. The number of carbonyl (C=O) groups is 1. The molecule has 3 heteroatoms. The standard InChI is InChI=1S/C10H17NO2/c1-5-6-7-8-11(9(12)13)10(2,3)4/h5-8H,1-4H3,(H,12,13)/b6-5+,8-7?. The van der Waals surface area contributed by atoms with E-state index in [1.165, 1.54) is 4.90 Å². The Morgan fingerprint density at radius 2 is 1.85 bits per heavy atom. The summed E-state index contributed by atoms with van der Waals surface area (Å²) in [5, 5.41) is 8.86. The number of nitrogens with zero attached hydrogens (tertiary/aromatic N) is 1. The van der Waals surface area contributed by atoms with E-state index in [1.54, 1.807) is 18.4 Å². The molecule has 0 radical (unpaired) electrons. The molecule has 0 aliphatic heterocycles. The number of amides is 1. The molecule has 0 atom stereocenters. The molecule has 1 N–H and O–H groups in total. The second-order valence-electron chi connectivity index (χ2n) is 3.69. The molecule has 0 aliphatic rings. The molecular formula is C10H17NO2. The summed E-state index contributed by atoms with van der Waals surface area (Å²) in [6.07, 6.45) is 5.97. The summed E-state index contributed by atoms with van der Waals surface area (Å²) in [5.74, 6) is 0. The Labute approximate surface area is 79.4 Å². The van der Waals surface area contributed by atoms with Crippen LogP contribution in [0.25, 0.3) is 0 Å². The highest BCUT2D eigenvalue weighted by Crippen LogP contribution is 2.13. The van der Waals surface area contributed by atoms with Crippen molar-refractivity contribution in [1.82, 2.24) is 4.90 Å². The van der Waals surface area contributed by atoms with E-state index in [1.807, 2.05) is 33.8 Å². The van der Waals surface area contributed by atoms with Crippen LogP contribution in [0, 0.1) is 0 Å². The normalized spacial score (nSPS) is 12.6. The molecule has 0 rings (SSSR count). The van der Waals surface area contributed by atoms with Crippen LogP contribution < -0.4 is 0 Å². The minimum absolute atomic E-state index is 0.399. The van der Waals surface area contributed by atoms with Gasteiger partial charge >= 0.3 is 6.09 Å². The molecule has 13 heavy (non-hydrogen) atoms. The van der Waals surface area contributed by atoms with Crippen molar-refractivity contribution in [2.45, 2.75) is 33.2 Å². The van der Waals surface area contributed by atoms with Gasteiger partial charge in [-0.15, -0.1) is 0 Å². The van der Waals surface area contributed by atoms with E-state index in [-0.39, 0.29) is 0 Å². The molecule has 0 aromatic rings. The fourth-order valence-electron chi connectivity index (χ4n) is 0.821. The van der Waals surface area contributed by atoms with Gasteiger partial charge in [0.1, 0.15) is 0 Å². The van der Waals surface area contributed by atoms with Gasteiger partial charge in [-0.2, -0.15) is 0 Å². The Morgan fingerprint density at radius 3 is 2.15 bits per heavy atom. The molecule has 0 aliphatic carbocycles. The van der Waals surface area contributed by atoms with Crippen molar-refractivity contribution in [2.24, 2.45) is 0 Å². The van der Waals surface area contributed by atoms with Gasteiger partial charge in [0.25, 0.3) is 0 Å². The van der Waals surface area contributed by atoms with Crippen molar-refractivity contribution in [2.75, 3.05) is 0 Å². The van der Waals surface area contributed by atoms with E-state index in [4.69, 9.17) is 5.11 Å². The highest BCUT2D eigenvalue weighted by Gasteiger charge is 2.23. The van der Waals surface area contributed by atoms with Gasteiger partial charge in [0.15, 0.2) is 0 Å². The Hall–Kier alpha value is -1.25. The van der Waals surface area contributed by atoms with Crippen molar-refractivity contribution >= 4 is 6.09 Å². The lowest BCUT2D eigenvalue weighted by molar-refractivity contribution is 0.130. The highest BCUT2D eigenvalue weighted by atomic mass is 16.4. The zero-order valence-corrected chi connectivity index (χ0v) is 8.61. The van der Waals surface area contributed by atoms with Crippen molar-refractivity contribution < 1.29 is 9.90 Å². The first-order valence-corrected chi connectivity index (χ1v) is 4.21. The third-order valence-corrected chi connectivity index (χ3v) is 1.47. The average molecular weight is 183 g/mol. The molecule has 0 aromatic heterocycles. The Morgan fingerprint density at radius 1 is 1.31 bits per heavy atom. The first kappa shape index (κ1) is 11.8.